The summed E-state index contributed by atoms with van der Waals surface area (Å²) in [5, 5.41) is 0. The molecule has 2 heterocycles. The Bertz CT molecular complexity index is 1090. The second-order valence-corrected chi connectivity index (χ2v) is 6.39. The van der Waals surface area contributed by atoms with Crippen LogP contribution < -0.4 is 0 Å². The molecule has 0 spiro atoms. The van der Waals surface area contributed by atoms with E-state index in [1.807, 2.05) is 35.0 Å². The van der Waals surface area contributed by atoms with Crippen molar-refractivity contribution in [3.8, 4) is 22.4 Å². The van der Waals surface area contributed by atoms with Crippen LogP contribution in [0, 0.1) is 18.5 Å². The van der Waals surface area contributed by atoms with E-state index in [1.165, 1.54) is 11.1 Å². The van der Waals surface area contributed by atoms with Gasteiger partial charge in [-0.25, -0.2) is 4.98 Å². The minimum absolute atomic E-state index is 0.756. The highest BCUT2D eigenvalue weighted by Crippen LogP contribution is 2.25. The Labute approximate surface area is 145 Å². The number of aryl methyl sites for hydroxylation is 2. The van der Waals surface area contributed by atoms with E-state index in [9.17, 15) is 0 Å². The summed E-state index contributed by atoms with van der Waals surface area (Å²) >= 11 is 5.72. The molecule has 0 fully saturated rings. The van der Waals surface area contributed by atoms with E-state index in [1.54, 1.807) is 0 Å². The Kier molecular flexibility index (Phi) is 3.54. The predicted molar refractivity (Wildman–Crippen MR) is 101 cm³/mol. The Morgan fingerprint density at radius 1 is 0.958 bits per heavy atom. The largest absolute Gasteiger partial charge is 0.323 e. The summed E-state index contributed by atoms with van der Waals surface area (Å²) in [6, 6.07) is 16.6. The molecule has 0 aliphatic heterocycles. The molecule has 118 valence electrons. The predicted octanol–water partition coefficient (Wildman–Crippen LogP) is 5.34. The van der Waals surface area contributed by atoms with Gasteiger partial charge in [0.15, 0.2) is 0 Å². The van der Waals surface area contributed by atoms with Gasteiger partial charge in [0.05, 0.1) is 5.69 Å². The SMILES string of the molecule is Cc1ccc(-c2cnc3[nH]c(-c4ccccc4)cn3c2=S)cc1C. The number of aromatic nitrogens is 3. The number of aromatic amines is 1. The molecule has 0 aliphatic carbocycles. The third-order valence-electron chi connectivity index (χ3n) is 4.40. The molecule has 0 atom stereocenters. The van der Waals surface area contributed by atoms with Gasteiger partial charge >= 0.3 is 0 Å². The molecule has 4 rings (SSSR count). The standard InChI is InChI=1S/C20H17N3S/c1-13-8-9-16(10-14(13)2)17-11-21-20-22-18(12-23(20)19(17)24)15-6-4-3-5-7-15/h3-12H,1-2H3,(H,21,22). The summed E-state index contributed by atoms with van der Waals surface area (Å²) in [5.41, 5.74) is 6.73. The summed E-state index contributed by atoms with van der Waals surface area (Å²) in [7, 11) is 0. The summed E-state index contributed by atoms with van der Waals surface area (Å²) in [5.74, 6) is 0.756. The Balaban J connectivity index is 1.89. The van der Waals surface area contributed by atoms with Gasteiger partial charge in [0.1, 0.15) is 4.64 Å². The van der Waals surface area contributed by atoms with Gasteiger partial charge in [-0.15, -0.1) is 0 Å². The minimum Gasteiger partial charge on any atom is -0.323 e. The van der Waals surface area contributed by atoms with Crippen molar-refractivity contribution in [2.45, 2.75) is 13.8 Å². The molecular formula is C20H17N3S. The van der Waals surface area contributed by atoms with Crippen molar-refractivity contribution in [2.24, 2.45) is 0 Å². The number of imidazole rings is 1. The molecule has 2 aromatic heterocycles. The number of rotatable bonds is 2. The van der Waals surface area contributed by atoms with Crippen LogP contribution in [0.5, 0.6) is 0 Å². The second kappa shape index (κ2) is 5.73. The zero-order valence-corrected chi connectivity index (χ0v) is 14.4. The Hall–Kier alpha value is -2.72. The quantitative estimate of drug-likeness (QED) is 0.503. The number of fused-ring (bicyclic) bond motifs is 1. The van der Waals surface area contributed by atoms with Gasteiger partial charge in [-0.1, -0.05) is 60.7 Å². The Morgan fingerprint density at radius 3 is 2.50 bits per heavy atom. The summed E-state index contributed by atoms with van der Waals surface area (Å²) in [6.07, 6.45) is 3.87. The highest BCUT2D eigenvalue weighted by atomic mass is 32.1. The van der Waals surface area contributed by atoms with Crippen LogP contribution in [-0.2, 0) is 0 Å². The molecule has 0 unspecified atom stereocenters. The van der Waals surface area contributed by atoms with Gasteiger partial charge in [-0.05, 0) is 36.1 Å². The average molecular weight is 331 g/mol. The third kappa shape index (κ3) is 2.45. The number of hydrogen-bond acceptors (Lipinski definition) is 2. The van der Waals surface area contributed by atoms with Crippen LogP contribution in [0.25, 0.3) is 28.2 Å². The molecular weight excluding hydrogens is 314 g/mol. The zero-order chi connectivity index (χ0) is 16.7. The smallest absolute Gasteiger partial charge is 0.212 e. The molecule has 24 heavy (non-hydrogen) atoms. The molecule has 4 heteroatoms. The molecule has 0 bridgehead atoms. The van der Waals surface area contributed by atoms with E-state index in [4.69, 9.17) is 12.2 Å². The van der Waals surface area contributed by atoms with Crippen LogP contribution in [0.2, 0.25) is 0 Å². The summed E-state index contributed by atoms with van der Waals surface area (Å²) < 4.78 is 2.71. The minimum atomic E-state index is 0.756. The van der Waals surface area contributed by atoms with E-state index in [2.05, 4.69) is 54.1 Å². The van der Waals surface area contributed by atoms with E-state index in [-0.39, 0.29) is 0 Å². The van der Waals surface area contributed by atoms with Gasteiger partial charge in [0.25, 0.3) is 0 Å². The van der Waals surface area contributed by atoms with Crippen molar-refractivity contribution in [1.82, 2.24) is 14.4 Å². The number of benzene rings is 2. The molecule has 4 aromatic rings. The number of nitrogens with one attached hydrogen (secondary N) is 1. The first-order valence-corrected chi connectivity index (χ1v) is 8.28. The highest BCUT2D eigenvalue weighted by molar-refractivity contribution is 7.71. The fourth-order valence-corrected chi connectivity index (χ4v) is 3.14. The van der Waals surface area contributed by atoms with E-state index >= 15 is 0 Å². The van der Waals surface area contributed by atoms with Crippen LogP contribution in [-0.4, -0.2) is 14.4 Å². The van der Waals surface area contributed by atoms with Crippen molar-refractivity contribution >= 4 is 18.0 Å². The molecule has 0 aliphatic rings. The molecule has 0 amide bonds. The zero-order valence-electron chi connectivity index (χ0n) is 13.6. The van der Waals surface area contributed by atoms with Gasteiger partial charge in [0, 0.05) is 18.0 Å². The first-order valence-electron chi connectivity index (χ1n) is 7.87. The summed E-state index contributed by atoms with van der Waals surface area (Å²) in [4.78, 5) is 7.89. The monoisotopic (exact) mass is 331 g/mol. The maximum atomic E-state index is 5.72. The lowest BCUT2D eigenvalue weighted by Gasteiger charge is -2.06. The second-order valence-electron chi connectivity index (χ2n) is 6.00. The van der Waals surface area contributed by atoms with Crippen molar-refractivity contribution in [3.05, 3.63) is 76.7 Å². The van der Waals surface area contributed by atoms with Crippen LogP contribution in [0.4, 0.5) is 0 Å². The fourth-order valence-electron chi connectivity index (χ4n) is 2.83. The van der Waals surface area contributed by atoms with Gasteiger partial charge in [-0.3, -0.25) is 4.40 Å². The molecule has 0 radical (unpaired) electrons. The number of hydrogen-bond donors (Lipinski definition) is 1. The van der Waals surface area contributed by atoms with Gasteiger partial charge in [-0.2, -0.15) is 0 Å². The maximum absolute atomic E-state index is 5.72. The molecule has 2 aromatic carbocycles. The molecule has 3 nitrogen and oxygen atoms in total. The fraction of sp³-hybridized carbons (Fsp3) is 0.100. The van der Waals surface area contributed by atoms with Crippen LogP contribution in [0.15, 0.2) is 60.9 Å². The van der Waals surface area contributed by atoms with Crippen molar-refractivity contribution in [2.75, 3.05) is 0 Å². The van der Waals surface area contributed by atoms with Gasteiger partial charge < -0.3 is 4.98 Å². The van der Waals surface area contributed by atoms with Crippen LogP contribution in [0.3, 0.4) is 0 Å². The van der Waals surface area contributed by atoms with Crippen molar-refractivity contribution < 1.29 is 0 Å². The average Bonchev–Trinajstić information content (AvgIpc) is 3.04. The first-order chi connectivity index (χ1) is 11.6. The topological polar surface area (TPSA) is 33.1 Å². The maximum Gasteiger partial charge on any atom is 0.212 e. The first kappa shape index (κ1) is 14.8. The number of H-pyrrole nitrogens is 1. The summed E-state index contributed by atoms with van der Waals surface area (Å²) in [6.45, 7) is 4.23. The van der Waals surface area contributed by atoms with Crippen molar-refractivity contribution in [1.29, 1.82) is 0 Å². The van der Waals surface area contributed by atoms with E-state index in [0.717, 1.165) is 32.8 Å². The molecule has 1 N–H and O–H groups in total. The lowest BCUT2D eigenvalue weighted by atomic mass is 10.0. The van der Waals surface area contributed by atoms with Crippen molar-refractivity contribution in [3.63, 3.8) is 0 Å². The van der Waals surface area contributed by atoms with Gasteiger partial charge in [0.2, 0.25) is 5.78 Å². The molecule has 0 saturated heterocycles. The third-order valence-corrected chi connectivity index (χ3v) is 4.82. The molecule has 0 saturated carbocycles. The normalized spacial score (nSPS) is 11.1. The lowest BCUT2D eigenvalue weighted by Crippen LogP contribution is -1.93. The number of nitrogens with zero attached hydrogens (tertiary/aromatic N) is 2. The Morgan fingerprint density at radius 2 is 1.75 bits per heavy atom. The van der Waals surface area contributed by atoms with Crippen LogP contribution in [0.1, 0.15) is 11.1 Å². The van der Waals surface area contributed by atoms with Crippen LogP contribution >= 0.6 is 12.2 Å². The van der Waals surface area contributed by atoms with E-state index in [0.29, 0.717) is 0 Å². The highest BCUT2D eigenvalue weighted by Gasteiger charge is 2.09. The lowest BCUT2D eigenvalue weighted by molar-refractivity contribution is 1.09. The van der Waals surface area contributed by atoms with E-state index < -0.39 is 0 Å².